The normalized spacial score (nSPS) is 11.5. The maximum Gasteiger partial charge on any atom is 0.421 e. The average molecular weight is 294 g/mol. The molecule has 8 nitrogen and oxygen atoms in total. The molecule has 1 rings (SSSR count). The Bertz CT molecular complexity index is 506. The number of benzene rings is 1. The van der Waals surface area contributed by atoms with Crippen molar-refractivity contribution in [2.24, 2.45) is 11.6 Å². The molecule has 6 N–H and O–H groups in total. The van der Waals surface area contributed by atoms with Crippen molar-refractivity contribution < 1.29 is 19.5 Å². The molecule has 1 aromatic rings. The van der Waals surface area contributed by atoms with Crippen LogP contribution in [0.5, 0.6) is 0 Å². The van der Waals surface area contributed by atoms with E-state index >= 15 is 0 Å². The van der Waals surface area contributed by atoms with Gasteiger partial charge in [0.1, 0.15) is 6.04 Å². The minimum atomic E-state index is -1.33. The van der Waals surface area contributed by atoms with Crippen molar-refractivity contribution in [2.75, 3.05) is 6.54 Å². The maximum absolute atomic E-state index is 11.7. The number of hydrogen-bond donors (Lipinski definition) is 4. The smallest absolute Gasteiger partial charge is 0.421 e. The lowest BCUT2D eigenvalue weighted by atomic mass is 10.1. The van der Waals surface area contributed by atoms with Gasteiger partial charge in [0.05, 0.1) is 0 Å². The molecular formula is C13H18N4O4. The molecule has 1 unspecified atom stereocenters. The monoisotopic (exact) mass is 294 g/mol. The fraction of sp³-hybridized carbons (Fsp3) is 0.308. The predicted molar refractivity (Wildman–Crippen MR) is 74.8 cm³/mol. The second-order valence-corrected chi connectivity index (χ2v) is 4.44. The van der Waals surface area contributed by atoms with Gasteiger partial charge < -0.3 is 16.2 Å². The van der Waals surface area contributed by atoms with Crippen molar-refractivity contribution in [1.29, 1.82) is 0 Å². The van der Waals surface area contributed by atoms with Crippen molar-refractivity contribution in [1.82, 2.24) is 10.3 Å². The highest BCUT2D eigenvalue weighted by Gasteiger charge is 2.19. The number of primary amides is 1. The summed E-state index contributed by atoms with van der Waals surface area (Å²) in [5.74, 6) is 3.99. The molecule has 114 valence electrons. The standard InChI is InChI=1S/C13H18N4O4/c14-12(19)10(8-9-4-2-1-3-5-9)16-11(18)6-7-17(15)13(20)21/h1-5,10H,6-8,15H2,(H2,14,19)(H,16,18)(H,20,21). The van der Waals surface area contributed by atoms with Crippen LogP contribution in [0.15, 0.2) is 30.3 Å². The Morgan fingerprint density at radius 1 is 1.24 bits per heavy atom. The van der Waals surface area contributed by atoms with Crippen molar-refractivity contribution in [3.63, 3.8) is 0 Å². The quantitative estimate of drug-likeness (QED) is 0.303. The van der Waals surface area contributed by atoms with Gasteiger partial charge in [-0.1, -0.05) is 30.3 Å². The second-order valence-electron chi connectivity index (χ2n) is 4.44. The molecule has 0 bridgehead atoms. The zero-order valence-electron chi connectivity index (χ0n) is 11.4. The lowest BCUT2D eigenvalue weighted by Crippen LogP contribution is -2.47. The summed E-state index contributed by atoms with van der Waals surface area (Å²) in [6.07, 6.45) is -1.22. The molecule has 8 heteroatoms. The Labute approximate surface area is 121 Å². The first-order valence-electron chi connectivity index (χ1n) is 6.28. The van der Waals surface area contributed by atoms with Crippen LogP contribution in [-0.2, 0) is 16.0 Å². The molecule has 0 aliphatic carbocycles. The number of hydrazine groups is 1. The summed E-state index contributed by atoms with van der Waals surface area (Å²) >= 11 is 0. The number of carbonyl (C=O) groups is 3. The van der Waals surface area contributed by atoms with Gasteiger partial charge in [-0.25, -0.2) is 15.6 Å². The minimum absolute atomic E-state index is 0.151. The zero-order chi connectivity index (χ0) is 15.8. The minimum Gasteiger partial charge on any atom is -0.464 e. The summed E-state index contributed by atoms with van der Waals surface area (Å²) < 4.78 is 0. The highest BCUT2D eigenvalue weighted by Crippen LogP contribution is 2.03. The molecule has 0 saturated carbocycles. The van der Waals surface area contributed by atoms with E-state index < -0.39 is 23.9 Å². The van der Waals surface area contributed by atoms with Gasteiger partial charge in [-0.05, 0) is 5.56 Å². The van der Waals surface area contributed by atoms with Crippen LogP contribution in [0, 0.1) is 0 Å². The van der Waals surface area contributed by atoms with Crippen LogP contribution in [-0.4, -0.2) is 40.6 Å². The van der Waals surface area contributed by atoms with E-state index in [1.807, 2.05) is 30.3 Å². The fourth-order valence-electron chi connectivity index (χ4n) is 1.66. The van der Waals surface area contributed by atoms with Crippen LogP contribution in [0.25, 0.3) is 0 Å². The van der Waals surface area contributed by atoms with Gasteiger partial charge in [0.25, 0.3) is 0 Å². The van der Waals surface area contributed by atoms with Crippen LogP contribution in [0.3, 0.4) is 0 Å². The second kappa shape index (κ2) is 7.85. The molecular weight excluding hydrogens is 276 g/mol. The van der Waals surface area contributed by atoms with Crippen LogP contribution in [0.2, 0.25) is 0 Å². The van der Waals surface area contributed by atoms with Gasteiger partial charge in [0, 0.05) is 19.4 Å². The number of nitrogens with zero attached hydrogens (tertiary/aromatic N) is 1. The summed E-state index contributed by atoms with van der Waals surface area (Å²) in [5.41, 5.74) is 6.11. The van der Waals surface area contributed by atoms with E-state index in [0.29, 0.717) is 5.01 Å². The number of amides is 3. The van der Waals surface area contributed by atoms with E-state index in [-0.39, 0.29) is 19.4 Å². The Morgan fingerprint density at radius 3 is 2.38 bits per heavy atom. The largest absolute Gasteiger partial charge is 0.464 e. The number of nitrogens with two attached hydrogens (primary N) is 2. The summed E-state index contributed by atoms with van der Waals surface area (Å²) in [7, 11) is 0. The Kier molecular flexibility index (Phi) is 6.15. The van der Waals surface area contributed by atoms with Gasteiger partial charge in [-0.3, -0.25) is 9.59 Å². The predicted octanol–water partition coefficient (Wildman–Crippen LogP) is -0.557. The number of hydrogen-bond acceptors (Lipinski definition) is 4. The van der Waals surface area contributed by atoms with Gasteiger partial charge in [0.15, 0.2) is 0 Å². The summed E-state index contributed by atoms with van der Waals surface area (Å²) in [4.78, 5) is 33.5. The number of carbonyl (C=O) groups excluding carboxylic acids is 2. The van der Waals surface area contributed by atoms with Gasteiger partial charge in [0.2, 0.25) is 11.8 Å². The van der Waals surface area contributed by atoms with Crippen molar-refractivity contribution in [2.45, 2.75) is 18.9 Å². The van der Waals surface area contributed by atoms with E-state index in [9.17, 15) is 14.4 Å². The first-order valence-corrected chi connectivity index (χ1v) is 6.28. The molecule has 1 atom stereocenters. The van der Waals surface area contributed by atoms with Crippen molar-refractivity contribution in [3.05, 3.63) is 35.9 Å². The molecule has 0 saturated heterocycles. The number of nitrogens with one attached hydrogen (secondary N) is 1. The van der Waals surface area contributed by atoms with E-state index in [1.165, 1.54) is 0 Å². The lowest BCUT2D eigenvalue weighted by molar-refractivity contribution is -0.127. The van der Waals surface area contributed by atoms with Crippen LogP contribution >= 0.6 is 0 Å². The van der Waals surface area contributed by atoms with Gasteiger partial charge in [-0.2, -0.15) is 0 Å². The molecule has 0 fully saturated rings. The molecule has 0 aliphatic rings. The van der Waals surface area contributed by atoms with Crippen molar-refractivity contribution in [3.8, 4) is 0 Å². The molecule has 1 aromatic carbocycles. The first kappa shape index (κ1) is 16.4. The Morgan fingerprint density at radius 2 is 1.86 bits per heavy atom. The summed E-state index contributed by atoms with van der Waals surface area (Å²) in [6, 6.07) is 8.24. The van der Waals surface area contributed by atoms with E-state index in [0.717, 1.165) is 5.56 Å². The fourth-order valence-corrected chi connectivity index (χ4v) is 1.66. The lowest BCUT2D eigenvalue weighted by Gasteiger charge is -2.17. The summed E-state index contributed by atoms with van der Waals surface area (Å²) in [5, 5.41) is 11.5. The third kappa shape index (κ3) is 5.91. The summed E-state index contributed by atoms with van der Waals surface area (Å²) in [6.45, 7) is -0.169. The van der Waals surface area contributed by atoms with Crippen molar-refractivity contribution >= 4 is 17.9 Å². The molecule has 0 aromatic heterocycles. The van der Waals surface area contributed by atoms with E-state index in [2.05, 4.69) is 5.32 Å². The zero-order valence-corrected chi connectivity index (χ0v) is 11.4. The van der Waals surface area contributed by atoms with Crippen LogP contribution in [0.4, 0.5) is 4.79 Å². The number of rotatable bonds is 7. The molecule has 0 aliphatic heterocycles. The maximum atomic E-state index is 11.7. The van der Waals surface area contributed by atoms with Crippen LogP contribution < -0.4 is 16.9 Å². The molecule has 0 radical (unpaired) electrons. The first-order chi connectivity index (χ1) is 9.90. The van der Waals surface area contributed by atoms with E-state index in [1.54, 1.807) is 0 Å². The molecule has 0 spiro atoms. The van der Waals surface area contributed by atoms with Gasteiger partial charge in [-0.15, -0.1) is 0 Å². The molecule has 0 heterocycles. The third-order valence-electron chi connectivity index (χ3n) is 2.79. The van der Waals surface area contributed by atoms with E-state index in [4.69, 9.17) is 16.7 Å². The Hall–Kier alpha value is -2.61. The topological polar surface area (TPSA) is 139 Å². The molecule has 21 heavy (non-hydrogen) atoms. The molecule has 3 amide bonds. The number of carboxylic acid groups (broad SMARTS) is 1. The third-order valence-corrected chi connectivity index (χ3v) is 2.79. The SMILES string of the molecule is NC(=O)C(Cc1ccccc1)NC(=O)CCN(N)C(=O)O. The highest BCUT2D eigenvalue weighted by atomic mass is 16.4. The Balaban J connectivity index is 2.53. The highest BCUT2D eigenvalue weighted by molar-refractivity contribution is 5.87. The van der Waals surface area contributed by atoms with Gasteiger partial charge >= 0.3 is 6.09 Å². The average Bonchev–Trinajstić information content (AvgIpc) is 2.44. The van der Waals surface area contributed by atoms with Crippen LogP contribution in [0.1, 0.15) is 12.0 Å².